The summed E-state index contributed by atoms with van der Waals surface area (Å²) in [6, 6.07) is 9.48. The largest absolute Gasteiger partial charge is 0.480 e. The van der Waals surface area contributed by atoms with Crippen molar-refractivity contribution >= 4 is 22.8 Å². The summed E-state index contributed by atoms with van der Waals surface area (Å²) in [6.07, 6.45) is -0.0470. The number of carboxylic acids is 1. The Morgan fingerprint density at radius 3 is 2.65 bits per heavy atom. The number of amides is 1. The molecular weight excluding hydrogens is 260 g/mol. The summed E-state index contributed by atoms with van der Waals surface area (Å²) in [5.41, 5.74) is 0.807. The summed E-state index contributed by atoms with van der Waals surface area (Å²) < 4.78 is 0. The molecule has 1 heterocycles. The van der Waals surface area contributed by atoms with Gasteiger partial charge in [0, 0.05) is 18.4 Å². The molecule has 0 unspecified atom stereocenters. The molecule has 0 aliphatic carbocycles. The Morgan fingerprint density at radius 1 is 1.20 bits per heavy atom. The van der Waals surface area contributed by atoms with Crippen molar-refractivity contribution in [3.05, 3.63) is 42.1 Å². The van der Waals surface area contributed by atoms with Gasteiger partial charge in [0.25, 0.3) is 5.91 Å². The van der Waals surface area contributed by atoms with Gasteiger partial charge in [0.1, 0.15) is 11.7 Å². The lowest BCUT2D eigenvalue weighted by Gasteiger charge is -2.12. The Morgan fingerprint density at radius 2 is 1.95 bits per heavy atom. The average molecular weight is 274 g/mol. The van der Waals surface area contributed by atoms with Crippen LogP contribution >= 0.6 is 0 Å². The highest BCUT2D eigenvalue weighted by Gasteiger charge is 2.20. The highest BCUT2D eigenvalue weighted by molar-refractivity contribution is 5.96. The van der Waals surface area contributed by atoms with Gasteiger partial charge in [-0.2, -0.15) is 0 Å². The summed E-state index contributed by atoms with van der Waals surface area (Å²) in [5.74, 6) is -1.76. The number of aliphatic carboxylic acids is 1. The lowest BCUT2D eigenvalue weighted by molar-refractivity contribution is -0.139. The van der Waals surface area contributed by atoms with Crippen LogP contribution in [0.5, 0.6) is 0 Å². The quantitative estimate of drug-likeness (QED) is 0.749. The van der Waals surface area contributed by atoms with E-state index < -0.39 is 17.9 Å². The number of carbonyl (C=O) groups excluding carboxylic acids is 1. The molecule has 1 aromatic heterocycles. The predicted octanol–water partition coefficient (Wildman–Crippen LogP) is 0.800. The van der Waals surface area contributed by atoms with Gasteiger partial charge in [0.2, 0.25) is 0 Å². The van der Waals surface area contributed by atoms with Crippen molar-refractivity contribution in [2.24, 2.45) is 0 Å². The van der Waals surface area contributed by atoms with Crippen LogP contribution in [0.4, 0.5) is 0 Å². The number of hydrogen-bond donors (Lipinski definition) is 3. The van der Waals surface area contributed by atoms with Crippen LogP contribution in [0.3, 0.4) is 0 Å². The van der Waals surface area contributed by atoms with Gasteiger partial charge in [-0.05, 0) is 12.1 Å². The molecule has 6 heteroatoms. The fourth-order valence-corrected chi connectivity index (χ4v) is 1.81. The molecular formula is C14H14N2O4. The third-order valence-electron chi connectivity index (χ3n) is 2.85. The summed E-state index contributed by atoms with van der Waals surface area (Å²) >= 11 is 0. The molecule has 2 aromatic rings. The molecule has 0 radical (unpaired) electrons. The van der Waals surface area contributed by atoms with E-state index in [1.54, 1.807) is 12.1 Å². The highest BCUT2D eigenvalue weighted by Crippen LogP contribution is 2.11. The number of carbonyl (C=O) groups is 2. The van der Waals surface area contributed by atoms with Crippen LogP contribution in [-0.4, -0.2) is 39.7 Å². The van der Waals surface area contributed by atoms with Crippen molar-refractivity contribution in [3.63, 3.8) is 0 Å². The number of para-hydroxylation sites is 1. The van der Waals surface area contributed by atoms with E-state index in [1.165, 1.54) is 6.07 Å². The second kappa shape index (κ2) is 6.12. The number of nitrogens with zero attached hydrogens (tertiary/aromatic N) is 1. The van der Waals surface area contributed by atoms with Gasteiger partial charge in [-0.15, -0.1) is 0 Å². The average Bonchev–Trinajstić information content (AvgIpc) is 2.46. The first-order valence-electron chi connectivity index (χ1n) is 6.12. The minimum absolute atomic E-state index is 0.0470. The third kappa shape index (κ3) is 3.10. The summed E-state index contributed by atoms with van der Waals surface area (Å²) in [5, 5.41) is 20.9. The zero-order valence-electron chi connectivity index (χ0n) is 10.6. The van der Waals surface area contributed by atoms with Crippen LogP contribution in [-0.2, 0) is 4.79 Å². The normalized spacial score (nSPS) is 12.1. The number of benzene rings is 1. The lowest BCUT2D eigenvalue weighted by atomic mass is 10.2. The van der Waals surface area contributed by atoms with Crippen molar-refractivity contribution in [2.75, 3.05) is 6.61 Å². The molecule has 6 nitrogen and oxygen atoms in total. The molecule has 0 fully saturated rings. The first-order chi connectivity index (χ1) is 9.61. The number of pyridine rings is 1. The van der Waals surface area contributed by atoms with Gasteiger partial charge in [-0.3, -0.25) is 4.79 Å². The second-order valence-corrected chi connectivity index (χ2v) is 4.27. The smallest absolute Gasteiger partial charge is 0.326 e. The number of aliphatic hydroxyl groups is 1. The van der Waals surface area contributed by atoms with Crippen molar-refractivity contribution in [1.82, 2.24) is 10.3 Å². The van der Waals surface area contributed by atoms with E-state index in [1.807, 2.05) is 18.2 Å². The zero-order valence-corrected chi connectivity index (χ0v) is 10.6. The molecule has 1 amide bonds. The lowest BCUT2D eigenvalue weighted by Crippen LogP contribution is -2.41. The number of carboxylic acid groups (broad SMARTS) is 1. The van der Waals surface area contributed by atoms with E-state index in [9.17, 15) is 9.59 Å². The highest BCUT2D eigenvalue weighted by atomic mass is 16.4. The SMILES string of the molecule is O=C(N[C@@H](CCO)C(=O)O)c1ccc2ccccc2n1. The monoisotopic (exact) mass is 274 g/mol. The maximum Gasteiger partial charge on any atom is 0.326 e. The molecule has 0 aliphatic rings. The van der Waals surface area contributed by atoms with Crippen molar-refractivity contribution < 1.29 is 19.8 Å². The van der Waals surface area contributed by atoms with E-state index in [2.05, 4.69) is 10.3 Å². The fraction of sp³-hybridized carbons (Fsp3) is 0.214. The molecule has 0 spiro atoms. The van der Waals surface area contributed by atoms with Gasteiger partial charge in [-0.1, -0.05) is 24.3 Å². The molecule has 104 valence electrons. The minimum Gasteiger partial charge on any atom is -0.480 e. The maximum absolute atomic E-state index is 12.0. The molecule has 20 heavy (non-hydrogen) atoms. The number of aliphatic hydroxyl groups excluding tert-OH is 1. The standard InChI is InChI=1S/C14H14N2O4/c17-8-7-12(14(19)20)16-13(18)11-6-5-9-3-1-2-4-10(9)15-11/h1-6,12,17H,7-8H2,(H,16,18)(H,19,20)/t12-/m0/s1. The van der Waals surface area contributed by atoms with E-state index in [-0.39, 0.29) is 18.7 Å². The molecule has 3 N–H and O–H groups in total. The van der Waals surface area contributed by atoms with Gasteiger partial charge in [0.15, 0.2) is 0 Å². The van der Waals surface area contributed by atoms with E-state index >= 15 is 0 Å². The van der Waals surface area contributed by atoms with Gasteiger partial charge in [-0.25, -0.2) is 9.78 Å². The summed E-state index contributed by atoms with van der Waals surface area (Å²) in [7, 11) is 0. The van der Waals surface area contributed by atoms with Crippen LogP contribution in [0.25, 0.3) is 10.9 Å². The Kier molecular flexibility index (Phi) is 4.27. The molecule has 2 rings (SSSR count). The van der Waals surface area contributed by atoms with Crippen LogP contribution in [0, 0.1) is 0 Å². The number of fused-ring (bicyclic) bond motifs is 1. The number of nitrogens with one attached hydrogen (secondary N) is 1. The first kappa shape index (κ1) is 14.0. The molecule has 1 aromatic carbocycles. The first-order valence-corrected chi connectivity index (χ1v) is 6.12. The number of hydrogen-bond acceptors (Lipinski definition) is 4. The molecule has 1 atom stereocenters. The number of rotatable bonds is 5. The van der Waals surface area contributed by atoms with Crippen LogP contribution in [0.15, 0.2) is 36.4 Å². The second-order valence-electron chi connectivity index (χ2n) is 4.27. The van der Waals surface area contributed by atoms with Crippen LogP contribution in [0.1, 0.15) is 16.9 Å². The fourth-order valence-electron chi connectivity index (χ4n) is 1.81. The van der Waals surface area contributed by atoms with E-state index in [0.29, 0.717) is 5.52 Å². The number of aromatic nitrogens is 1. The molecule has 0 saturated heterocycles. The topological polar surface area (TPSA) is 99.5 Å². The molecule has 0 aliphatic heterocycles. The van der Waals surface area contributed by atoms with Crippen molar-refractivity contribution in [1.29, 1.82) is 0 Å². The predicted molar refractivity (Wildman–Crippen MR) is 72.3 cm³/mol. The van der Waals surface area contributed by atoms with Gasteiger partial charge < -0.3 is 15.5 Å². The Labute approximate surface area is 115 Å². The van der Waals surface area contributed by atoms with Crippen molar-refractivity contribution in [3.8, 4) is 0 Å². The van der Waals surface area contributed by atoms with Crippen LogP contribution < -0.4 is 5.32 Å². The third-order valence-corrected chi connectivity index (χ3v) is 2.85. The molecule has 0 saturated carbocycles. The van der Waals surface area contributed by atoms with E-state index in [4.69, 9.17) is 10.2 Å². The van der Waals surface area contributed by atoms with Gasteiger partial charge in [0.05, 0.1) is 5.52 Å². The van der Waals surface area contributed by atoms with Crippen LogP contribution in [0.2, 0.25) is 0 Å². The summed E-state index contributed by atoms with van der Waals surface area (Å²) in [6.45, 7) is -0.317. The Hall–Kier alpha value is -2.47. The Bertz CT molecular complexity index is 642. The Balaban J connectivity index is 2.20. The molecule has 0 bridgehead atoms. The van der Waals surface area contributed by atoms with Gasteiger partial charge >= 0.3 is 5.97 Å². The zero-order chi connectivity index (χ0) is 14.5. The maximum atomic E-state index is 12.0. The van der Waals surface area contributed by atoms with E-state index in [0.717, 1.165) is 5.39 Å². The summed E-state index contributed by atoms with van der Waals surface area (Å²) in [4.78, 5) is 27.1. The minimum atomic E-state index is -1.19. The van der Waals surface area contributed by atoms with Crippen molar-refractivity contribution in [2.45, 2.75) is 12.5 Å².